The van der Waals surface area contributed by atoms with Crippen LogP contribution in [0.4, 0.5) is 10.7 Å². The summed E-state index contributed by atoms with van der Waals surface area (Å²) in [5.74, 6) is -0.239. The maximum absolute atomic E-state index is 12.6. The number of primary amides is 1. The van der Waals surface area contributed by atoms with Crippen molar-refractivity contribution in [2.75, 3.05) is 4.72 Å². The number of carbonyl (C=O) groups is 1. The number of amides is 1. The van der Waals surface area contributed by atoms with Gasteiger partial charge in [0.15, 0.2) is 0 Å². The van der Waals surface area contributed by atoms with Crippen molar-refractivity contribution >= 4 is 38.0 Å². The highest BCUT2D eigenvalue weighted by Gasteiger charge is 2.29. The summed E-state index contributed by atoms with van der Waals surface area (Å²) in [4.78, 5) is 22.8. The number of anilines is 1. The minimum Gasteiger partial charge on any atom is -0.365 e. The van der Waals surface area contributed by atoms with Crippen molar-refractivity contribution < 1.29 is 18.1 Å². The molecule has 3 rings (SSSR count). The Hall–Kier alpha value is -2.46. The van der Waals surface area contributed by atoms with Crippen LogP contribution in [-0.2, 0) is 22.9 Å². The van der Waals surface area contributed by atoms with Crippen LogP contribution in [0.1, 0.15) is 34.1 Å². The van der Waals surface area contributed by atoms with Gasteiger partial charge in [0.2, 0.25) is 0 Å². The number of nitrogens with one attached hydrogen (secondary N) is 1. The minimum atomic E-state index is -4.09. The third-order valence-corrected chi connectivity index (χ3v) is 6.97. The summed E-state index contributed by atoms with van der Waals surface area (Å²) in [6, 6.07) is 4.73. The summed E-state index contributed by atoms with van der Waals surface area (Å²) >= 11 is 1.20. The fraction of sp³-hybridized carbons (Fsp3) is 0.312. The number of benzene rings is 1. The molecule has 1 aliphatic carbocycles. The van der Waals surface area contributed by atoms with Gasteiger partial charge in [-0.1, -0.05) is 13.0 Å². The SMILES string of the molecule is CC1CCc2c(sc(NS(=O)(=O)c3cccc([N+](=O)[O-])c3)c2C(N)=O)C1. The van der Waals surface area contributed by atoms with Crippen molar-refractivity contribution in [2.45, 2.75) is 31.1 Å². The van der Waals surface area contributed by atoms with E-state index in [1.807, 2.05) is 0 Å². The highest BCUT2D eigenvalue weighted by Crippen LogP contribution is 2.40. The van der Waals surface area contributed by atoms with Crippen LogP contribution in [-0.4, -0.2) is 19.2 Å². The molecule has 1 aromatic carbocycles. The molecular formula is C16H17N3O5S2. The van der Waals surface area contributed by atoms with Crippen LogP contribution in [0.3, 0.4) is 0 Å². The second kappa shape index (κ2) is 6.69. The van der Waals surface area contributed by atoms with E-state index in [1.165, 1.54) is 29.5 Å². The van der Waals surface area contributed by atoms with E-state index in [9.17, 15) is 23.3 Å². The van der Waals surface area contributed by atoms with E-state index in [0.29, 0.717) is 12.3 Å². The molecule has 1 atom stereocenters. The molecule has 3 N–H and O–H groups in total. The largest absolute Gasteiger partial charge is 0.365 e. The molecule has 0 fully saturated rings. The van der Waals surface area contributed by atoms with E-state index >= 15 is 0 Å². The van der Waals surface area contributed by atoms with Gasteiger partial charge in [-0.3, -0.25) is 19.6 Å². The average molecular weight is 395 g/mol. The molecule has 1 aliphatic rings. The molecule has 2 aromatic rings. The van der Waals surface area contributed by atoms with Crippen LogP contribution < -0.4 is 10.5 Å². The van der Waals surface area contributed by atoms with Gasteiger partial charge in [0, 0.05) is 17.0 Å². The van der Waals surface area contributed by atoms with Gasteiger partial charge in [0.05, 0.1) is 15.4 Å². The molecule has 0 spiro atoms. The van der Waals surface area contributed by atoms with Crippen molar-refractivity contribution in [3.8, 4) is 0 Å². The fourth-order valence-corrected chi connectivity index (χ4v) is 5.79. The van der Waals surface area contributed by atoms with Crippen LogP contribution in [0.25, 0.3) is 0 Å². The fourth-order valence-electron chi connectivity index (χ4n) is 3.03. The van der Waals surface area contributed by atoms with Gasteiger partial charge >= 0.3 is 0 Å². The molecule has 1 aromatic heterocycles. The lowest BCUT2D eigenvalue weighted by Crippen LogP contribution is -2.19. The van der Waals surface area contributed by atoms with Gasteiger partial charge < -0.3 is 5.73 Å². The number of nitro benzene ring substituents is 1. The first-order valence-electron chi connectivity index (χ1n) is 7.90. The molecule has 0 radical (unpaired) electrons. The van der Waals surface area contributed by atoms with E-state index in [0.717, 1.165) is 29.3 Å². The maximum atomic E-state index is 12.6. The molecular weight excluding hydrogens is 378 g/mol. The molecule has 0 aliphatic heterocycles. The zero-order chi connectivity index (χ0) is 19.1. The number of nitrogens with zero attached hydrogens (tertiary/aromatic N) is 1. The van der Waals surface area contributed by atoms with Gasteiger partial charge in [0.25, 0.3) is 21.6 Å². The van der Waals surface area contributed by atoms with Gasteiger partial charge in [-0.2, -0.15) is 0 Å². The van der Waals surface area contributed by atoms with Crippen molar-refractivity contribution in [1.82, 2.24) is 0 Å². The standard InChI is InChI=1S/C16H17N3O5S2/c1-9-5-6-12-13(7-9)25-16(14(12)15(17)20)18-26(23,24)11-4-2-3-10(8-11)19(21)22/h2-4,8-9,18H,5-7H2,1H3,(H2,17,20). The van der Waals surface area contributed by atoms with Crippen molar-refractivity contribution in [2.24, 2.45) is 11.7 Å². The van der Waals surface area contributed by atoms with Crippen LogP contribution >= 0.6 is 11.3 Å². The molecule has 138 valence electrons. The number of thiophene rings is 1. The molecule has 0 saturated heterocycles. The summed E-state index contributed by atoms with van der Waals surface area (Å²) < 4.78 is 27.7. The van der Waals surface area contributed by atoms with Gasteiger partial charge in [-0.25, -0.2) is 8.42 Å². The van der Waals surface area contributed by atoms with E-state index in [2.05, 4.69) is 11.6 Å². The number of non-ortho nitro benzene ring substituents is 1. The topological polar surface area (TPSA) is 132 Å². The lowest BCUT2D eigenvalue weighted by molar-refractivity contribution is -0.385. The summed E-state index contributed by atoms with van der Waals surface area (Å²) in [5, 5.41) is 11.0. The molecule has 0 bridgehead atoms. The maximum Gasteiger partial charge on any atom is 0.270 e. The number of hydrogen-bond acceptors (Lipinski definition) is 6. The predicted octanol–water partition coefficient (Wildman–Crippen LogP) is 2.68. The Bertz CT molecular complexity index is 997. The van der Waals surface area contributed by atoms with Crippen molar-refractivity contribution in [3.05, 3.63) is 50.4 Å². The molecule has 1 heterocycles. The number of sulfonamides is 1. The molecule has 1 unspecified atom stereocenters. The monoisotopic (exact) mass is 395 g/mol. The van der Waals surface area contributed by atoms with Gasteiger partial charge in [-0.15, -0.1) is 11.3 Å². The summed E-state index contributed by atoms with van der Waals surface area (Å²) in [6.07, 6.45) is 2.34. The van der Waals surface area contributed by atoms with Crippen LogP contribution in [0, 0.1) is 16.0 Å². The highest BCUT2D eigenvalue weighted by atomic mass is 32.2. The third-order valence-electron chi connectivity index (χ3n) is 4.32. The lowest BCUT2D eigenvalue weighted by atomic mass is 9.88. The summed E-state index contributed by atoms with van der Waals surface area (Å²) in [7, 11) is -4.09. The van der Waals surface area contributed by atoms with E-state index in [1.54, 1.807) is 0 Å². The smallest absolute Gasteiger partial charge is 0.270 e. The summed E-state index contributed by atoms with van der Waals surface area (Å²) in [6.45, 7) is 2.10. The summed E-state index contributed by atoms with van der Waals surface area (Å²) in [5.41, 5.74) is 6.15. The number of nitrogens with two attached hydrogens (primary N) is 1. The van der Waals surface area contributed by atoms with Gasteiger partial charge in [-0.05, 0) is 36.8 Å². The number of fused-ring (bicyclic) bond motifs is 1. The average Bonchev–Trinajstić information content (AvgIpc) is 2.91. The Kier molecular flexibility index (Phi) is 4.72. The van der Waals surface area contributed by atoms with Gasteiger partial charge in [0.1, 0.15) is 5.00 Å². The number of carbonyl (C=O) groups excluding carboxylic acids is 1. The second-order valence-corrected chi connectivity index (χ2v) is 9.07. The molecule has 26 heavy (non-hydrogen) atoms. The molecule has 8 nitrogen and oxygen atoms in total. The minimum absolute atomic E-state index is 0.170. The molecule has 1 amide bonds. The normalized spacial score (nSPS) is 16.7. The first-order chi connectivity index (χ1) is 12.2. The lowest BCUT2D eigenvalue weighted by Gasteiger charge is -2.18. The number of nitro groups is 1. The third kappa shape index (κ3) is 3.42. The van der Waals surface area contributed by atoms with E-state index < -0.39 is 20.9 Å². The van der Waals surface area contributed by atoms with Crippen molar-refractivity contribution in [1.29, 1.82) is 0 Å². The first kappa shape index (κ1) is 18.3. The molecule has 10 heteroatoms. The van der Waals surface area contributed by atoms with Crippen LogP contribution in [0.2, 0.25) is 0 Å². The Morgan fingerprint density at radius 2 is 2.15 bits per heavy atom. The molecule has 0 saturated carbocycles. The zero-order valence-corrected chi connectivity index (χ0v) is 15.5. The van der Waals surface area contributed by atoms with E-state index in [4.69, 9.17) is 5.73 Å². The van der Waals surface area contributed by atoms with Crippen LogP contribution in [0.15, 0.2) is 29.2 Å². The zero-order valence-electron chi connectivity index (χ0n) is 13.9. The van der Waals surface area contributed by atoms with Crippen molar-refractivity contribution in [3.63, 3.8) is 0 Å². The first-order valence-corrected chi connectivity index (χ1v) is 10.2. The Morgan fingerprint density at radius 3 is 2.81 bits per heavy atom. The predicted molar refractivity (Wildman–Crippen MR) is 97.9 cm³/mol. The van der Waals surface area contributed by atoms with E-state index in [-0.39, 0.29) is 21.1 Å². The highest BCUT2D eigenvalue weighted by molar-refractivity contribution is 7.93. The Balaban J connectivity index is 2.01. The quantitative estimate of drug-likeness (QED) is 0.593. The number of rotatable bonds is 5. The Labute approximate surface area is 154 Å². The number of hydrogen-bond donors (Lipinski definition) is 2. The second-order valence-electron chi connectivity index (χ2n) is 6.28. The van der Waals surface area contributed by atoms with Crippen LogP contribution in [0.5, 0.6) is 0 Å². The Morgan fingerprint density at radius 1 is 1.42 bits per heavy atom.